The van der Waals surface area contributed by atoms with Crippen molar-refractivity contribution < 1.29 is 9.90 Å². The number of aromatic nitrogens is 4. The van der Waals surface area contributed by atoms with Gasteiger partial charge in [-0.15, -0.1) is 5.10 Å². The van der Waals surface area contributed by atoms with Crippen molar-refractivity contribution in [3.8, 4) is 0 Å². The van der Waals surface area contributed by atoms with E-state index in [-0.39, 0.29) is 27.6 Å². The molecule has 11 heteroatoms. The standard InChI is InChI=1S/C10H7Cl3N6O2/c11-6-1-7(12)10(15-9(6)13)17-14-2-5-3-19(18-16-5)4-8(20)21/h1-3H,4H2,(H,15,17)(H,20,21). The Balaban J connectivity index is 2.04. The smallest absolute Gasteiger partial charge is 0.325 e. The number of hydrazone groups is 1. The molecular weight excluding hydrogens is 343 g/mol. The van der Waals surface area contributed by atoms with Crippen LogP contribution in [-0.2, 0) is 11.3 Å². The van der Waals surface area contributed by atoms with Gasteiger partial charge in [-0.25, -0.2) is 9.67 Å². The van der Waals surface area contributed by atoms with Gasteiger partial charge >= 0.3 is 5.97 Å². The first kappa shape index (κ1) is 15.5. The highest BCUT2D eigenvalue weighted by Gasteiger charge is 2.07. The molecule has 0 atom stereocenters. The van der Waals surface area contributed by atoms with Crippen LogP contribution in [0, 0.1) is 0 Å². The maximum absolute atomic E-state index is 10.5. The molecule has 2 aromatic heterocycles. The molecule has 2 aromatic rings. The van der Waals surface area contributed by atoms with Gasteiger partial charge in [0.25, 0.3) is 0 Å². The van der Waals surface area contributed by atoms with Gasteiger partial charge in [-0.1, -0.05) is 40.0 Å². The molecule has 110 valence electrons. The summed E-state index contributed by atoms with van der Waals surface area (Å²) >= 11 is 17.4. The fourth-order valence-electron chi connectivity index (χ4n) is 1.27. The maximum atomic E-state index is 10.5. The lowest BCUT2D eigenvalue weighted by Crippen LogP contribution is -2.08. The van der Waals surface area contributed by atoms with Gasteiger partial charge in [0.15, 0.2) is 5.82 Å². The third kappa shape index (κ3) is 4.28. The molecule has 2 heterocycles. The Bertz CT molecular complexity index is 702. The van der Waals surface area contributed by atoms with Gasteiger partial charge in [-0.3, -0.25) is 10.2 Å². The van der Waals surface area contributed by atoms with Gasteiger partial charge < -0.3 is 5.11 Å². The molecule has 0 bridgehead atoms. The first-order chi connectivity index (χ1) is 9.95. The largest absolute Gasteiger partial charge is 0.480 e. The van der Waals surface area contributed by atoms with E-state index < -0.39 is 5.97 Å². The Labute approximate surface area is 133 Å². The molecule has 0 aliphatic heterocycles. The second-order valence-corrected chi connectivity index (χ2v) is 4.87. The Morgan fingerprint density at radius 3 is 2.90 bits per heavy atom. The van der Waals surface area contributed by atoms with Crippen molar-refractivity contribution in [2.45, 2.75) is 6.54 Å². The summed E-state index contributed by atoms with van der Waals surface area (Å²) in [6, 6.07) is 1.43. The average Bonchev–Trinajstić information content (AvgIpc) is 2.82. The zero-order chi connectivity index (χ0) is 15.4. The van der Waals surface area contributed by atoms with E-state index >= 15 is 0 Å². The first-order valence-electron chi connectivity index (χ1n) is 5.38. The van der Waals surface area contributed by atoms with Crippen molar-refractivity contribution in [3.63, 3.8) is 0 Å². The fourth-order valence-corrected chi connectivity index (χ4v) is 1.81. The van der Waals surface area contributed by atoms with Gasteiger partial charge in [0.05, 0.1) is 22.5 Å². The maximum Gasteiger partial charge on any atom is 0.325 e. The molecule has 0 unspecified atom stereocenters. The highest BCUT2D eigenvalue weighted by Crippen LogP contribution is 2.28. The Kier molecular flexibility index (Phi) is 4.94. The summed E-state index contributed by atoms with van der Waals surface area (Å²) in [5, 5.41) is 20.3. The number of carbonyl (C=O) groups is 1. The summed E-state index contributed by atoms with van der Waals surface area (Å²) < 4.78 is 1.16. The third-order valence-corrected chi connectivity index (χ3v) is 3.07. The molecule has 0 aliphatic carbocycles. The summed E-state index contributed by atoms with van der Waals surface area (Å²) in [5.74, 6) is -0.798. The van der Waals surface area contributed by atoms with Gasteiger partial charge in [0.2, 0.25) is 0 Å². The summed E-state index contributed by atoms with van der Waals surface area (Å²) in [5.41, 5.74) is 2.93. The number of halogens is 3. The molecule has 0 saturated heterocycles. The number of aliphatic carboxylic acids is 1. The molecule has 0 spiro atoms. The summed E-state index contributed by atoms with van der Waals surface area (Å²) in [7, 11) is 0. The molecule has 2 rings (SSSR count). The first-order valence-corrected chi connectivity index (χ1v) is 6.51. The van der Waals surface area contributed by atoms with Gasteiger partial charge in [0.1, 0.15) is 17.4 Å². The molecular formula is C10H7Cl3N6O2. The van der Waals surface area contributed by atoms with E-state index in [0.29, 0.717) is 5.69 Å². The number of nitrogens with zero attached hydrogens (tertiary/aromatic N) is 5. The minimum absolute atomic E-state index is 0.0890. The van der Waals surface area contributed by atoms with Crippen LogP contribution in [0.4, 0.5) is 5.82 Å². The molecule has 21 heavy (non-hydrogen) atoms. The normalized spacial score (nSPS) is 11.0. The molecule has 0 aromatic carbocycles. The molecule has 0 amide bonds. The van der Waals surface area contributed by atoms with Crippen LogP contribution in [0.1, 0.15) is 5.69 Å². The number of nitrogens with one attached hydrogen (secondary N) is 1. The molecule has 0 fully saturated rings. The number of hydrogen-bond acceptors (Lipinski definition) is 6. The van der Waals surface area contributed by atoms with Crippen LogP contribution in [0.25, 0.3) is 0 Å². The highest BCUT2D eigenvalue weighted by molar-refractivity contribution is 6.42. The highest BCUT2D eigenvalue weighted by atomic mass is 35.5. The number of hydrogen-bond donors (Lipinski definition) is 2. The van der Waals surface area contributed by atoms with E-state index in [1.807, 2.05) is 0 Å². The minimum Gasteiger partial charge on any atom is -0.480 e. The fraction of sp³-hybridized carbons (Fsp3) is 0.100. The average molecular weight is 350 g/mol. The molecule has 2 N–H and O–H groups in total. The number of pyridine rings is 1. The quantitative estimate of drug-likeness (QED) is 0.487. The van der Waals surface area contributed by atoms with Gasteiger partial charge in [0, 0.05) is 0 Å². The van der Waals surface area contributed by atoms with Crippen LogP contribution in [0.2, 0.25) is 15.2 Å². The van der Waals surface area contributed by atoms with Crippen LogP contribution in [0.3, 0.4) is 0 Å². The van der Waals surface area contributed by atoms with Crippen molar-refractivity contribution in [1.82, 2.24) is 20.0 Å². The number of anilines is 1. The minimum atomic E-state index is -1.02. The van der Waals surface area contributed by atoms with Gasteiger partial charge in [-0.05, 0) is 6.07 Å². The van der Waals surface area contributed by atoms with E-state index in [1.165, 1.54) is 18.5 Å². The SMILES string of the molecule is O=C(O)Cn1cc(C=NNc2nc(Cl)c(Cl)cc2Cl)nn1. The third-order valence-electron chi connectivity index (χ3n) is 2.11. The lowest BCUT2D eigenvalue weighted by Gasteiger charge is -2.03. The predicted octanol–water partition coefficient (Wildman–Crippen LogP) is 2.16. The van der Waals surface area contributed by atoms with E-state index in [2.05, 4.69) is 25.8 Å². The van der Waals surface area contributed by atoms with Crippen LogP contribution >= 0.6 is 34.8 Å². The summed E-state index contributed by atoms with van der Waals surface area (Å²) in [6.07, 6.45) is 2.75. The Morgan fingerprint density at radius 2 is 2.19 bits per heavy atom. The van der Waals surface area contributed by atoms with Crippen molar-refractivity contribution in [2.75, 3.05) is 5.43 Å². The number of carboxylic acid groups (broad SMARTS) is 1. The second-order valence-electron chi connectivity index (χ2n) is 3.70. The molecule has 0 aliphatic rings. The lowest BCUT2D eigenvalue weighted by molar-refractivity contribution is -0.137. The van der Waals surface area contributed by atoms with Crippen molar-refractivity contribution in [2.24, 2.45) is 5.10 Å². The van der Waals surface area contributed by atoms with Crippen molar-refractivity contribution in [1.29, 1.82) is 0 Å². The van der Waals surface area contributed by atoms with Crippen molar-refractivity contribution >= 4 is 52.8 Å². The summed E-state index contributed by atoms with van der Waals surface area (Å²) in [6.45, 7) is -0.283. The monoisotopic (exact) mass is 348 g/mol. The topological polar surface area (TPSA) is 105 Å². The second kappa shape index (κ2) is 6.70. The van der Waals surface area contributed by atoms with E-state index in [0.717, 1.165) is 4.68 Å². The molecule has 8 nitrogen and oxygen atoms in total. The van der Waals surface area contributed by atoms with E-state index in [1.54, 1.807) is 0 Å². The summed E-state index contributed by atoms with van der Waals surface area (Å²) in [4.78, 5) is 14.4. The zero-order valence-corrected chi connectivity index (χ0v) is 12.4. The van der Waals surface area contributed by atoms with Crippen LogP contribution in [0.15, 0.2) is 17.4 Å². The number of rotatable bonds is 5. The Morgan fingerprint density at radius 1 is 1.43 bits per heavy atom. The molecule has 0 radical (unpaired) electrons. The van der Waals surface area contributed by atoms with Crippen LogP contribution in [-0.4, -0.2) is 37.3 Å². The van der Waals surface area contributed by atoms with Crippen LogP contribution < -0.4 is 5.43 Å². The number of carboxylic acids is 1. The van der Waals surface area contributed by atoms with Crippen molar-refractivity contribution in [3.05, 3.63) is 33.2 Å². The van der Waals surface area contributed by atoms with E-state index in [9.17, 15) is 4.79 Å². The molecule has 0 saturated carbocycles. The van der Waals surface area contributed by atoms with Crippen LogP contribution in [0.5, 0.6) is 0 Å². The zero-order valence-electron chi connectivity index (χ0n) is 10.2. The lowest BCUT2D eigenvalue weighted by atomic mass is 10.4. The van der Waals surface area contributed by atoms with E-state index in [4.69, 9.17) is 39.9 Å². The van der Waals surface area contributed by atoms with Gasteiger partial charge in [-0.2, -0.15) is 5.10 Å². The predicted molar refractivity (Wildman–Crippen MR) is 78.1 cm³/mol. The Hall–Kier alpha value is -1.90.